The number of esters is 1. The quantitative estimate of drug-likeness (QED) is 0.606. The number of nitrogens with zero attached hydrogens (tertiary/aromatic N) is 1. The molecule has 1 amide bonds. The number of benzene rings is 2. The van der Waals surface area contributed by atoms with Gasteiger partial charge < -0.3 is 14.8 Å². The maximum atomic E-state index is 11.8. The Labute approximate surface area is 160 Å². The lowest BCUT2D eigenvalue weighted by Crippen LogP contribution is -2.34. The van der Waals surface area contributed by atoms with Gasteiger partial charge in [-0.15, -0.1) is 11.3 Å². The number of nitrogens with one attached hydrogen (secondary N) is 1. The van der Waals surface area contributed by atoms with E-state index in [2.05, 4.69) is 10.3 Å². The number of ether oxygens (including phenoxy) is 2. The normalized spacial score (nSPS) is 10.2. The van der Waals surface area contributed by atoms with Gasteiger partial charge in [-0.05, 0) is 12.1 Å². The molecule has 0 bridgehead atoms. The van der Waals surface area contributed by atoms with Gasteiger partial charge in [-0.1, -0.05) is 48.5 Å². The number of amides is 1. The van der Waals surface area contributed by atoms with Gasteiger partial charge >= 0.3 is 5.97 Å². The lowest BCUT2D eigenvalue weighted by atomic mass is 10.2. The van der Waals surface area contributed by atoms with Crippen LogP contribution >= 0.6 is 11.3 Å². The third-order valence-corrected chi connectivity index (χ3v) is 4.44. The highest BCUT2D eigenvalue weighted by molar-refractivity contribution is 7.13. The molecule has 6 nitrogen and oxygen atoms in total. The van der Waals surface area contributed by atoms with Crippen LogP contribution in [0, 0.1) is 0 Å². The molecule has 0 spiro atoms. The first-order chi connectivity index (χ1) is 13.2. The first-order valence-corrected chi connectivity index (χ1v) is 9.18. The Morgan fingerprint density at radius 1 is 1.00 bits per heavy atom. The molecule has 0 aliphatic carbocycles. The number of para-hydroxylation sites is 1. The fraction of sp³-hybridized carbons (Fsp3) is 0.150. The van der Waals surface area contributed by atoms with Crippen LogP contribution < -0.4 is 10.1 Å². The molecule has 1 aromatic heterocycles. The predicted octanol–water partition coefficient (Wildman–Crippen LogP) is 3.05. The Kier molecular flexibility index (Phi) is 6.54. The van der Waals surface area contributed by atoms with Crippen molar-refractivity contribution in [2.45, 2.75) is 6.61 Å². The van der Waals surface area contributed by atoms with Crippen molar-refractivity contribution in [3.8, 4) is 16.3 Å². The van der Waals surface area contributed by atoms with E-state index in [4.69, 9.17) is 9.47 Å². The van der Waals surface area contributed by atoms with Crippen LogP contribution in [0.1, 0.15) is 5.69 Å². The van der Waals surface area contributed by atoms with Crippen molar-refractivity contribution >= 4 is 23.2 Å². The summed E-state index contributed by atoms with van der Waals surface area (Å²) in [5.41, 5.74) is 1.69. The smallest absolute Gasteiger partial charge is 0.325 e. The zero-order chi connectivity index (χ0) is 18.9. The topological polar surface area (TPSA) is 77.5 Å². The molecule has 0 atom stereocenters. The van der Waals surface area contributed by atoms with Gasteiger partial charge in [0.25, 0.3) is 5.91 Å². The zero-order valence-electron chi connectivity index (χ0n) is 14.5. The molecule has 0 saturated heterocycles. The van der Waals surface area contributed by atoms with E-state index in [0.717, 1.165) is 10.6 Å². The maximum absolute atomic E-state index is 11.8. The molecule has 0 saturated carbocycles. The summed E-state index contributed by atoms with van der Waals surface area (Å²) in [5.74, 6) is -0.332. The number of hydrogen-bond acceptors (Lipinski definition) is 6. The Morgan fingerprint density at radius 3 is 2.44 bits per heavy atom. The van der Waals surface area contributed by atoms with Crippen molar-refractivity contribution in [2.24, 2.45) is 0 Å². The average molecular weight is 382 g/mol. The molecule has 0 radical (unpaired) electrons. The molecule has 3 aromatic rings. The molecule has 0 aliphatic heterocycles. The van der Waals surface area contributed by atoms with Crippen molar-refractivity contribution < 1.29 is 19.1 Å². The van der Waals surface area contributed by atoms with E-state index >= 15 is 0 Å². The predicted molar refractivity (Wildman–Crippen MR) is 102 cm³/mol. The zero-order valence-corrected chi connectivity index (χ0v) is 15.3. The summed E-state index contributed by atoms with van der Waals surface area (Å²) in [5, 5.41) is 5.18. The summed E-state index contributed by atoms with van der Waals surface area (Å²) < 4.78 is 10.4. The lowest BCUT2D eigenvalue weighted by Gasteiger charge is -2.07. The van der Waals surface area contributed by atoms with E-state index in [0.29, 0.717) is 11.4 Å². The Morgan fingerprint density at radius 2 is 1.70 bits per heavy atom. The van der Waals surface area contributed by atoms with Crippen molar-refractivity contribution in [3.63, 3.8) is 0 Å². The standard InChI is InChI=1S/C20H18N2O4S/c23-18(13-25-17-9-5-2-6-10-17)21-11-19(24)26-12-16-14-27-20(22-16)15-7-3-1-4-8-15/h1-10,14H,11-13H2,(H,21,23). The minimum atomic E-state index is -0.530. The van der Waals surface area contributed by atoms with E-state index in [-0.39, 0.29) is 19.8 Å². The van der Waals surface area contributed by atoms with Gasteiger partial charge in [-0.2, -0.15) is 0 Å². The van der Waals surface area contributed by atoms with Gasteiger partial charge in [0.1, 0.15) is 23.9 Å². The highest BCUT2D eigenvalue weighted by Crippen LogP contribution is 2.23. The van der Waals surface area contributed by atoms with Gasteiger partial charge in [0.2, 0.25) is 0 Å². The van der Waals surface area contributed by atoms with E-state index in [9.17, 15) is 9.59 Å². The summed E-state index contributed by atoms with van der Waals surface area (Å²) >= 11 is 1.49. The van der Waals surface area contributed by atoms with E-state index in [1.807, 2.05) is 53.9 Å². The summed E-state index contributed by atoms with van der Waals surface area (Å²) in [4.78, 5) is 27.9. The second-order valence-electron chi connectivity index (χ2n) is 5.55. The number of aromatic nitrogens is 1. The Bertz CT molecular complexity index is 881. The Balaban J connectivity index is 1.37. The largest absolute Gasteiger partial charge is 0.484 e. The summed E-state index contributed by atoms with van der Waals surface area (Å²) in [6, 6.07) is 18.8. The molecular weight excluding hydrogens is 364 g/mol. The summed E-state index contributed by atoms with van der Waals surface area (Å²) in [6.07, 6.45) is 0. The van der Waals surface area contributed by atoms with Gasteiger partial charge in [0.15, 0.2) is 6.61 Å². The monoisotopic (exact) mass is 382 g/mol. The number of hydrogen-bond donors (Lipinski definition) is 1. The first kappa shape index (κ1) is 18.6. The van der Waals surface area contributed by atoms with Crippen LogP contribution in [-0.2, 0) is 20.9 Å². The second-order valence-corrected chi connectivity index (χ2v) is 6.41. The number of thiazole rings is 1. The van der Waals surface area contributed by atoms with E-state index in [1.165, 1.54) is 11.3 Å². The minimum Gasteiger partial charge on any atom is -0.484 e. The van der Waals surface area contributed by atoms with Crippen LogP contribution in [0.25, 0.3) is 10.6 Å². The van der Waals surface area contributed by atoms with Crippen molar-refractivity contribution in [1.82, 2.24) is 10.3 Å². The molecule has 1 heterocycles. The molecule has 0 aliphatic rings. The number of rotatable bonds is 8. The maximum Gasteiger partial charge on any atom is 0.325 e. The molecule has 138 valence electrons. The first-order valence-electron chi connectivity index (χ1n) is 8.31. The lowest BCUT2D eigenvalue weighted by molar-refractivity contribution is -0.145. The van der Waals surface area contributed by atoms with Gasteiger partial charge in [0, 0.05) is 10.9 Å². The van der Waals surface area contributed by atoms with Crippen LogP contribution in [0.15, 0.2) is 66.0 Å². The molecular formula is C20H18N2O4S. The molecule has 27 heavy (non-hydrogen) atoms. The fourth-order valence-electron chi connectivity index (χ4n) is 2.18. The van der Waals surface area contributed by atoms with Crippen LogP contribution in [-0.4, -0.2) is 30.0 Å². The average Bonchev–Trinajstić information content (AvgIpc) is 3.20. The van der Waals surface area contributed by atoms with E-state index in [1.54, 1.807) is 12.1 Å². The third kappa shape index (κ3) is 5.93. The van der Waals surface area contributed by atoms with Crippen molar-refractivity contribution in [2.75, 3.05) is 13.2 Å². The SMILES string of the molecule is O=C(COc1ccccc1)NCC(=O)OCc1csc(-c2ccccc2)n1. The van der Waals surface area contributed by atoms with E-state index < -0.39 is 11.9 Å². The number of carbonyl (C=O) groups is 2. The minimum absolute atomic E-state index is 0.0680. The van der Waals surface area contributed by atoms with Crippen molar-refractivity contribution in [3.05, 3.63) is 71.7 Å². The van der Waals surface area contributed by atoms with Crippen LogP contribution in [0.2, 0.25) is 0 Å². The second kappa shape index (κ2) is 9.49. The summed E-state index contributed by atoms with van der Waals surface area (Å²) in [6.45, 7) is -0.310. The molecule has 1 N–H and O–H groups in total. The summed E-state index contributed by atoms with van der Waals surface area (Å²) in [7, 11) is 0. The number of carbonyl (C=O) groups excluding carboxylic acids is 2. The molecule has 0 fully saturated rings. The third-order valence-electron chi connectivity index (χ3n) is 3.50. The molecule has 2 aromatic carbocycles. The van der Waals surface area contributed by atoms with Crippen LogP contribution in [0.5, 0.6) is 5.75 Å². The van der Waals surface area contributed by atoms with Gasteiger partial charge in [0.05, 0.1) is 5.69 Å². The highest BCUT2D eigenvalue weighted by Gasteiger charge is 2.10. The van der Waals surface area contributed by atoms with Crippen LogP contribution in [0.4, 0.5) is 0 Å². The highest BCUT2D eigenvalue weighted by atomic mass is 32.1. The Hall–Kier alpha value is -3.19. The van der Waals surface area contributed by atoms with Crippen LogP contribution in [0.3, 0.4) is 0 Å². The van der Waals surface area contributed by atoms with Gasteiger partial charge in [-0.25, -0.2) is 4.98 Å². The van der Waals surface area contributed by atoms with Crippen molar-refractivity contribution in [1.29, 1.82) is 0 Å². The molecule has 3 rings (SSSR count). The van der Waals surface area contributed by atoms with Gasteiger partial charge in [-0.3, -0.25) is 9.59 Å². The fourth-order valence-corrected chi connectivity index (χ4v) is 2.99. The molecule has 0 unspecified atom stereocenters. The molecule has 7 heteroatoms.